The Labute approximate surface area is 119 Å². The van der Waals surface area contributed by atoms with Crippen LogP contribution in [0.2, 0.25) is 0 Å². The van der Waals surface area contributed by atoms with Crippen molar-refractivity contribution in [1.82, 2.24) is 0 Å². The minimum atomic E-state index is 0.259. The number of aliphatic hydroxyl groups excluding tert-OH is 1. The van der Waals surface area contributed by atoms with E-state index in [2.05, 4.69) is 4.90 Å². The first-order chi connectivity index (χ1) is 9.78. The van der Waals surface area contributed by atoms with Gasteiger partial charge in [0.15, 0.2) is 11.5 Å². The summed E-state index contributed by atoms with van der Waals surface area (Å²) in [4.78, 5) is 2.30. The van der Waals surface area contributed by atoms with Gasteiger partial charge in [0.25, 0.3) is 0 Å². The van der Waals surface area contributed by atoms with E-state index >= 15 is 0 Å². The zero-order valence-corrected chi connectivity index (χ0v) is 11.7. The molecule has 1 aromatic rings. The van der Waals surface area contributed by atoms with Crippen molar-refractivity contribution in [3.63, 3.8) is 0 Å². The van der Waals surface area contributed by atoms with Crippen LogP contribution in [0.25, 0.3) is 0 Å². The number of piperidine rings is 1. The molecule has 5 nitrogen and oxygen atoms in total. The molecule has 0 bridgehead atoms. The molecule has 110 valence electrons. The number of hydrogen-bond acceptors (Lipinski definition) is 5. The quantitative estimate of drug-likeness (QED) is 0.823. The first kappa shape index (κ1) is 13.4. The summed E-state index contributed by atoms with van der Waals surface area (Å²) in [7, 11) is 0. The highest BCUT2D eigenvalue weighted by Crippen LogP contribution is 2.39. The number of nitrogens with two attached hydrogens (primary N) is 1. The van der Waals surface area contributed by atoms with E-state index < -0.39 is 0 Å². The average molecular weight is 278 g/mol. The Balaban J connectivity index is 1.82. The molecule has 3 rings (SSSR count). The smallest absolute Gasteiger partial charge is 0.163 e. The third-order valence-electron chi connectivity index (χ3n) is 4.09. The molecule has 20 heavy (non-hydrogen) atoms. The van der Waals surface area contributed by atoms with Gasteiger partial charge in [0.1, 0.15) is 13.2 Å². The molecular formula is C15H22N2O3. The predicted molar refractivity (Wildman–Crippen MR) is 78.5 cm³/mol. The summed E-state index contributed by atoms with van der Waals surface area (Å²) in [6, 6.07) is 3.85. The molecule has 0 amide bonds. The molecule has 1 unspecified atom stereocenters. The van der Waals surface area contributed by atoms with E-state index in [1.165, 1.54) is 6.42 Å². The average Bonchev–Trinajstić information content (AvgIpc) is 2.47. The second-order valence-electron chi connectivity index (χ2n) is 5.52. The van der Waals surface area contributed by atoms with Gasteiger partial charge >= 0.3 is 0 Å². The van der Waals surface area contributed by atoms with Crippen LogP contribution in [0.1, 0.15) is 19.3 Å². The molecule has 2 aliphatic heterocycles. The topological polar surface area (TPSA) is 68.0 Å². The molecule has 1 saturated heterocycles. The fourth-order valence-corrected chi connectivity index (χ4v) is 3.07. The summed E-state index contributed by atoms with van der Waals surface area (Å²) in [5, 5.41) is 9.11. The predicted octanol–water partition coefficient (Wildman–Crippen LogP) is 1.64. The van der Waals surface area contributed by atoms with Crippen LogP contribution in [0.4, 0.5) is 11.4 Å². The van der Waals surface area contributed by atoms with E-state index in [1.54, 1.807) is 0 Å². The van der Waals surface area contributed by atoms with Crippen molar-refractivity contribution >= 4 is 11.4 Å². The fourth-order valence-electron chi connectivity index (χ4n) is 3.07. The first-order valence-corrected chi connectivity index (χ1v) is 7.33. The molecular weight excluding hydrogens is 256 g/mol. The van der Waals surface area contributed by atoms with Gasteiger partial charge in [-0.3, -0.25) is 0 Å². The minimum Gasteiger partial charge on any atom is -0.486 e. The van der Waals surface area contributed by atoms with Crippen molar-refractivity contribution in [2.75, 3.05) is 43.5 Å². The number of anilines is 2. The van der Waals surface area contributed by atoms with Crippen LogP contribution in [0.3, 0.4) is 0 Å². The summed E-state index contributed by atoms with van der Waals surface area (Å²) in [5.74, 6) is 2.06. The molecule has 2 heterocycles. The third kappa shape index (κ3) is 2.63. The van der Waals surface area contributed by atoms with Crippen molar-refractivity contribution in [2.24, 2.45) is 5.92 Å². The van der Waals surface area contributed by atoms with Crippen LogP contribution in [0.15, 0.2) is 12.1 Å². The number of rotatable bonds is 3. The lowest BCUT2D eigenvalue weighted by Gasteiger charge is -2.35. The number of fused-ring (bicyclic) bond motifs is 1. The molecule has 1 atom stereocenters. The highest BCUT2D eigenvalue weighted by Gasteiger charge is 2.23. The fraction of sp³-hybridized carbons (Fsp3) is 0.600. The Bertz CT molecular complexity index is 476. The zero-order chi connectivity index (χ0) is 13.9. The van der Waals surface area contributed by atoms with Crippen LogP contribution in [-0.2, 0) is 0 Å². The first-order valence-electron chi connectivity index (χ1n) is 7.33. The van der Waals surface area contributed by atoms with E-state index in [0.29, 0.717) is 19.1 Å². The Morgan fingerprint density at radius 2 is 2.00 bits per heavy atom. The molecule has 0 saturated carbocycles. The maximum atomic E-state index is 9.11. The number of nitrogens with zero attached hydrogens (tertiary/aromatic N) is 1. The summed E-state index contributed by atoms with van der Waals surface area (Å²) in [6.45, 7) is 3.38. The van der Waals surface area contributed by atoms with Crippen LogP contribution in [-0.4, -0.2) is 38.0 Å². The van der Waals surface area contributed by atoms with Gasteiger partial charge in [-0.2, -0.15) is 0 Å². The van der Waals surface area contributed by atoms with Gasteiger partial charge in [-0.05, 0) is 25.2 Å². The summed E-state index contributed by atoms with van der Waals surface area (Å²) in [6.07, 6.45) is 3.18. The van der Waals surface area contributed by atoms with Gasteiger partial charge in [0.2, 0.25) is 0 Å². The lowest BCUT2D eigenvalue weighted by atomic mass is 9.94. The molecule has 0 aliphatic carbocycles. The number of hydrogen-bond donors (Lipinski definition) is 2. The van der Waals surface area contributed by atoms with E-state index in [4.69, 9.17) is 20.3 Å². The SMILES string of the molecule is Nc1cc2c(cc1N1CCCC(CCO)C1)OCCO2. The lowest BCUT2D eigenvalue weighted by molar-refractivity contribution is 0.171. The maximum Gasteiger partial charge on any atom is 0.163 e. The van der Waals surface area contributed by atoms with Crippen molar-refractivity contribution in [3.05, 3.63) is 12.1 Å². The Hall–Kier alpha value is -1.62. The van der Waals surface area contributed by atoms with Gasteiger partial charge in [0.05, 0.1) is 11.4 Å². The molecule has 1 aromatic carbocycles. The zero-order valence-electron chi connectivity index (χ0n) is 11.7. The van der Waals surface area contributed by atoms with Gasteiger partial charge in [-0.25, -0.2) is 0 Å². The number of benzene rings is 1. The number of aliphatic hydroxyl groups is 1. The molecule has 1 fully saturated rings. The number of ether oxygens (including phenoxy) is 2. The van der Waals surface area contributed by atoms with Gasteiger partial charge in [0, 0.05) is 31.8 Å². The van der Waals surface area contributed by atoms with Crippen LogP contribution >= 0.6 is 0 Å². The molecule has 2 aliphatic rings. The molecule has 0 spiro atoms. The van der Waals surface area contributed by atoms with E-state index in [-0.39, 0.29) is 6.61 Å². The van der Waals surface area contributed by atoms with E-state index in [1.807, 2.05) is 12.1 Å². The minimum absolute atomic E-state index is 0.259. The second kappa shape index (κ2) is 5.79. The van der Waals surface area contributed by atoms with E-state index in [9.17, 15) is 0 Å². The standard InChI is InChI=1S/C15H22N2O3/c16-12-8-14-15(20-7-6-19-14)9-13(12)17-4-1-2-11(10-17)3-5-18/h8-9,11,18H,1-7,10,16H2. The lowest BCUT2D eigenvalue weighted by Crippen LogP contribution is -2.36. The number of nitrogen functional groups attached to an aromatic ring is 1. The summed E-state index contributed by atoms with van der Waals surface area (Å²) < 4.78 is 11.2. The van der Waals surface area contributed by atoms with Crippen LogP contribution in [0.5, 0.6) is 11.5 Å². The van der Waals surface area contributed by atoms with Crippen LogP contribution in [0, 0.1) is 5.92 Å². The van der Waals surface area contributed by atoms with E-state index in [0.717, 1.165) is 48.8 Å². The highest BCUT2D eigenvalue weighted by molar-refractivity contribution is 5.73. The Morgan fingerprint density at radius 1 is 1.25 bits per heavy atom. The van der Waals surface area contributed by atoms with Crippen molar-refractivity contribution in [1.29, 1.82) is 0 Å². The second-order valence-corrected chi connectivity index (χ2v) is 5.52. The largest absolute Gasteiger partial charge is 0.486 e. The molecule has 3 N–H and O–H groups in total. The van der Waals surface area contributed by atoms with Gasteiger partial charge in [-0.15, -0.1) is 0 Å². The maximum absolute atomic E-state index is 9.11. The monoisotopic (exact) mass is 278 g/mol. The van der Waals surface area contributed by atoms with Crippen molar-refractivity contribution < 1.29 is 14.6 Å². The summed E-state index contributed by atoms with van der Waals surface area (Å²) >= 11 is 0. The molecule has 5 heteroatoms. The highest BCUT2D eigenvalue weighted by atomic mass is 16.6. The Morgan fingerprint density at radius 3 is 2.75 bits per heavy atom. The van der Waals surface area contributed by atoms with Gasteiger partial charge in [-0.1, -0.05) is 0 Å². The third-order valence-corrected chi connectivity index (χ3v) is 4.09. The van der Waals surface area contributed by atoms with Crippen molar-refractivity contribution in [2.45, 2.75) is 19.3 Å². The van der Waals surface area contributed by atoms with Gasteiger partial charge < -0.3 is 25.2 Å². The Kier molecular flexibility index (Phi) is 3.87. The molecule has 0 aromatic heterocycles. The molecule has 0 radical (unpaired) electrons. The summed E-state index contributed by atoms with van der Waals surface area (Å²) in [5.41, 5.74) is 7.93. The normalized spacial score (nSPS) is 21.9. The van der Waals surface area contributed by atoms with Crippen LogP contribution < -0.4 is 20.1 Å². The van der Waals surface area contributed by atoms with Crippen molar-refractivity contribution in [3.8, 4) is 11.5 Å².